The van der Waals surface area contributed by atoms with E-state index in [4.69, 9.17) is 5.73 Å². The average Bonchev–Trinajstić information content (AvgIpc) is 2.99. The fourth-order valence-electron chi connectivity index (χ4n) is 3.37. The summed E-state index contributed by atoms with van der Waals surface area (Å²) in [7, 11) is 2.17. The summed E-state index contributed by atoms with van der Waals surface area (Å²) in [6, 6.07) is 8.76. The maximum atomic E-state index is 6.22. The molecule has 1 aromatic carbocycles. The lowest BCUT2D eigenvalue weighted by molar-refractivity contribution is 0.0948. The Bertz CT molecular complexity index is 567. The molecule has 2 aromatic rings. The van der Waals surface area contributed by atoms with Gasteiger partial charge in [0, 0.05) is 18.5 Å². The molecule has 3 nitrogen and oxygen atoms in total. The van der Waals surface area contributed by atoms with E-state index < -0.39 is 0 Å². The second-order valence-corrected chi connectivity index (χ2v) is 6.30. The van der Waals surface area contributed by atoms with Crippen molar-refractivity contribution in [1.29, 1.82) is 0 Å². The van der Waals surface area contributed by atoms with E-state index >= 15 is 0 Å². The number of aromatic nitrogens is 1. The van der Waals surface area contributed by atoms with E-state index in [0.717, 1.165) is 18.7 Å². The van der Waals surface area contributed by atoms with Gasteiger partial charge in [0.2, 0.25) is 0 Å². The molecule has 1 atom stereocenters. The summed E-state index contributed by atoms with van der Waals surface area (Å²) in [5.41, 5.74) is 12.1. The molecule has 106 valence electrons. The van der Waals surface area contributed by atoms with Crippen molar-refractivity contribution >= 4 is 11.3 Å². The Kier molecular flexibility index (Phi) is 3.87. The topological polar surface area (TPSA) is 42.2 Å². The first-order chi connectivity index (χ1) is 9.76. The highest BCUT2D eigenvalue weighted by Gasteiger charge is 2.38. The molecule has 0 saturated carbocycles. The maximum absolute atomic E-state index is 6.22. The van der Waals surface area contributed by atoms with E-state index in [1.807, 2.05) is 5.51 Å². The molecule has 3 rings (SSSR count). The van der Waals surface area contributed by atoms with Crippen molar-refractivity contribution in [2.45, 2.75) is 31.3 Å². The predicted octanol–water partition coefficient (Wildman–Crippen LogP) is 2.77. The molecular weight excluding hydrogens is 266 g/mol. The van der Waals surface area contributed by atoms with Gasteiger partial charge in [0.05, 0.1) is 16.7 Å². The molecule has 2 N–H and O–H groups in total. The minimum atomic E-state index is -0.0432. The monoisotopic (exact) mass is 287 g/mol. The third kappa shape index (κ3) is 2.28. The molecule has 1 heterocycles. The molecular formula is C16H21N3S. The standard InChI is InChI=1S/C16H21N3S/c1-19(9-14-10-20-12-18-14)16(11-17)8-4-6-13-5-2-3-7-15(13)16/h2-3,5,7,10,12H,4,6,8-9,11,17H2,1H3. The molecule has 0 fully saturated rings. The number of nitrogens with two attached hydrogens (primary N) is 1. The lowest BCUT2D eigenvalue weighted by atomic mass is 9.75. The van der Waals surface area contributed by atoms with Crippen LogP contribution in [0.4, 0.5) is 0 Å². The second-order valence-electron chi connectivity index (χ2n) is 5.58. The summed E-state index contributed by atoms with van der Waals surface area (Å²) in [5, 5.41) is 2.12. The summed E-state index contributed by atoms with van der Waals surface area (Å²) in [5.74, 6) is 0. The van der Waals surface area contributed by atoms with Crippen molar-refractivity contribution in [2.75, 3.05) is 13.6 Å². The fourth-order valence-corrected chi connectivity index (χ4v) is 3.92. The molecule has 1 unspecified atom stereocenters. The van der Waals surface area contributed by atoms with Crippen LogP contribution in [-0.2, 0) is 18.5 Å². The molecule has 20 heavy (non-hydrogen) atoms. The minimum Gasteiger partial charge on any atom is -0.328 e. The van der Waals surface area contributed by atoms with Crippen LogP contribution in [0.15, 0.2) is 35.2 Å². The minimum absolute atomic E-state index is 0.0432. The normalized spacial score (nSPS) is 21.9. The van der Waals surface area contributed by atoms with E-state index in [1.165, 1.54) is 24.0 Å². The van der Waals surface area contributed by atoms with E-state index in [1.54, 1.807) is 11.3 Å². The molecule has 1 aromatic heterocycles. The van der Waals surface area contributed by atoms with Crippen molar-refractivity contribution in [3.05, 3.63) is 52.0 Å². The molecule has 1 aliphatic carbocycles. The molecule has 0 amide bonds. The van der Waals surface area contributed by atoms with Gasteiger partial charge in [0.1, 0.15) is 0 Å². The summed E-state index contributed by atoms with van der Waals surface area (Å²) in [6.07, 6.45) is 3.50. The quantitative estimate of drug-likeness (QED) is 0.940. The Morgan fingerprint density at radius 3 is 3.00 bits per heavy atom. The Balaban J connectivity index is 1.95. The number of aryl methyl sites for hydroxylation is 1. The van der Waals surface area contributed by atoms with Gasteiger partial charge in [-0.25, -0.2) is 4.98 Å². The molecule has 0 spiro atoms. The Hall–Kier alpha value is -1.23. The van der Waals surface area contributed by atoms with Crippen molar-refractivity contribution < 1.29 is 0 Å². The van der Waals surface area contributed by atoms with Gasteiger partial charge in [-0.2, -0.15) is 0 Å². The average molecular weight is 287 g/mol. The summed E-state index contributed by atoms with van der Waals surface area (Å²) in [6.45, 7) is 1.51. The van der Waals surface area contributed by atoms with Gasteiger partial charge in [-0.1, -0.05) is 24.3 Å². The van der Waals surface area contributed by atoms with Crippen molar-refractivity contribution in [1.82, 2.24) is 9.88 Å². The second kappa shape index (κ2) is 5.64. The van der Waals surface area contributed by atoms with E-state index in [9.17, 15) is 0 Å². The highest BCUT2D eigenvalue weighted by molar-refractivity contribution is 7.07. The van der Waals surface area contributed by atoms with Crippen LogP contribution in [0.5, 0.6) is 0 Å². The van der Waals surface area contributed by atoms with E-state index in [2.05, 4.69) is 46.6 Å². The summed E-state index contributed by atoms with van der Waals surface area (Å²) in [4.78, 5) is 6.80. The van der Waals surface area contributed by atoms with Crippen molar-refractivity contribution in [3.63, 3.8) is 0 Å². The van der Waals surface area contributed by atoms with Crippen LogP contribution in [0.3, 0.4) is 0 Å². The Labute approximate surface area is 124 Å². The number of nitrogens with zero attached hydrogens (tertiary/aromatic N) is 2. The maximum Gasteiger partial charge on any atom is 0.0795 e. The smallest absolute Gasteiger partial charge is 0.0795 e. The van der Waals surface area contributed by atoms with Gasteiger partial charge in [0.25, 0.3) is 0 Å². The zero-order valence-electron chi connectivity index (χ0n) is 11.9. The van der Waals surface area contributed by atoms with Gasteiger partial charge in [-0.05, 0) is 37.4 Å². The van der Waals surface area contributed by atoms with Crippen molar-refractivity contribution in [2.24, 2.45) is 5.73 Å². The van der Waals surface area contributed by atoms with Gasteiger partial charge in [-0.3, -0.25) is 4.90 Å². The van der Waals surface area contributed by atoms with Gasteiger partial charge in [-0.15, -0.1) is 11.3 Å². The number of hydrogen-bond donors (Lipinski definition) is 1. The lowest BCUT2D eigenvalue weighted by Gasteiger charge is -2.45. The Morgan fingerprint density at radius 1 is 1.40 bits per heavy atom. The summed E-state index contributed by atoms with van der Waals surface area (Å²) >= 11 is 1.65. The molecule has 0 aliphatic heterocycles. The first kappa shape index (κ1) is 13.7. The lowest BCUT2D eigenvalue weighted by Crippen LogP contribution is -2.51. The number of hydrogen-bond acceptors (Lipinski definition) is 4. The van der Waals surface area contributed by atoms with Gasteiger partial charge < -0.3 is 5.73 Å². The molecule has 0 saturated heterocycles. The fraction of sp³-hybridized carbons (Fsp3) is 0.438. The highest BCUT2D eigenvalue weighted by Crippen LogP contribution is 2.39. The highest BCUT2D eigenvalue weighted by atomic mass is 32.1. The van der Waals surface area contributed by atoms with Crippen LogP contribution in [0.1, 0.15) is 29.7 Å². The van der Waals surface area contributed by atoms with Crippen molar-refractivity contribution in [3.8, 4) is 0 Å². The van der Waals surface area contributed by atoms with E-state index in [-0.39, 0.29) is 5.54 Å². The third-order valence-corrected chi connectivity index (χ3v) is 5.14. The molecule has 0 radical (unpaired) electrons. The number of benzene rings is 1. The number of rotatable bonds is 4. The number of fused-ring (bicyclic) bond motifs is 1. The molecule has 4 heteroatoms. The number of likely N-dealkylation sites (N-methyl/N-ethyl adjacent to an activating group) is 1. The van der Waals surface area contributed by atoms with Crippen LogP contribution in [0, 0.1) is 0 Å². The molecule has 1 aliphatic rings. The van der Waals surface area contributed by atoms with Crippen LogP contribution in [-0.4, -0.2) is 23.5 Å². The van der Waals surface area contributed by atoms with Gasteiger partial charge >= 0.3 is 0 Å². The third-order valence-electron chi connectivity index (χ3n) is 4.51. The number of thiazole rings is 1. The molecule has 0 bridgehead atoms. The van der Waals surface area contributed by atoms with E-state index in [0.29, 0.717) is 6.54 Å². The first-order valence-electron chi connectivity index (χ1n) is 7.13. The van der Waals surface area contributed by atoms with Gasteiger partial charge in [0.15, 0.2) is 0 Å². The van der Waals surface area contributed by atoms with Crippen LogP contribution in [0.25, 0.3) is 0 Å². The first-order valence-corrected chi connectivity index (χ1v) is 8.07. The zero-order valence-corrected chi connectivity index (χ0v) is 12.7. The SMILES string of the molecule is CN(Cc1cscn1)C1(CN)CCCc2ccccc21. The van der Waals surface area contributed by atoms with Crippen LogP contribution in [0.2, 0.25) is 0 Å². The summed E-state index contributed by atoms with van der Waals surface area (Å²) < 4.78 is 0. The predicted molar refractivity (Wildman–Crippen MR) is 83.7 cm³/mol. The van der Waals surface area contributed by atoms with Crippen LogP contribution >= 0.6 is 11.3 Å². The Morgan fingerprint density at radius 2 is 2.25 bits per heavy atom. The largest absolute Gasteiger partial charge is 0.328 e. The van der Waals surface area contributed by atoms with Crippen LogP contribution < -0.4 is 5.73 Å². The zero-order chi connectivity index (χ0) is 14.0.